The first-order chi connectivity index (χ1) is 8.93. The van der Waals surface area contributed by atoms with E-state index in [1.54, 1.807) is 4.90 Å². The van der Waals surface area contributed by atoms with E-state index >= 15 is 0 Å². The predicted molar refractivity (Wildman–Crippen MR) is 66.6 cm³/mol. The molecule has 1 saturated heterocycles. The minimum absolute atomic E-state index is 0.374. The number of hydrogen-bond acceptors (Lipinski definition) is 4. The number of hydrogen-bond donors (Lipinski definition) is 2. The summed E-state index contributed by atoms with van der Waals surface area (Å²) >= 11 is 0. The molecule has 0 aromatic rings. The van der Waals surface area contributed by atoms with Crippen molar-refractivity contribution >= 4 is 18.0 Å². The zero-order valence-electron chi connectivity index (χ0n) is 11.2. The fourth-order valence-corrected chi connectivity index (χ4v) is 2.06. The number of urea groups is 1. The van der Waals surface area contributed by atoms with Gasteiger partial charge in [-0.25, -0.2) is 9.59 Å². The van der Waals surface area contributed by atoms with Crippen molar-refractivity contribution < 1.29 is 24.2 Å². The van der Waals surface area contributed by atoms with E-state index in [2.05, 4.69) is 10.1 Å². The molecule has 108 valence electrons. The van der Waals surface area contributed by atoms with E-state index in [0.717, 1.165) is 12.8 Å². The van der Waals surface area contributed by atoms with Crippen LogP contribution >= 0.6 is 0 Å². The summed E-state index contributed by atoms with van der Waals surface area (Å²) in [6.07, 6.45) is 1.60. The standard InChI is InChI=1S/C12H20N2O5/c1-8-4-3-5-14(7-8)12(18)13-9(11(16)17)6-10(15)19-2/h8-9H,3-7H2,1-2H3,(H,13,18)(H,16,17)/t8?,9-/m0/s1. The number of aliphatic carboxylic acids is 1. The second-order valence-corrected chi connectivity index (χ2v) is 4.81. The zero-order valence-corrected chi connectivity index (χ0v) is 11.2. The van der Waals surface area contributed by atoms with Crippen molar-refractivity contribution in [2.24, 2.45) is 5.92 Å². The maximum atomic E-state index is 11.9. The molecule has 1 aliphatic heterocycles. The molecular weight excluding hydrogens is 252 g/mol. The van der Waals surface area contributed by atoms with Crippen LogP contribution in [0.2, 0.25) is 0 Å². The maximum absolute atomic E-state index is 11.9. The van der Waals surface area contributed by atoms with E-state index in [1.165, 1.54) is 7.11 Å². The molecule has 0 aromatic carbocycles. The number of esters is 1. The Balaban J connectivity index is 2.55. The van der Waals surface area contributed by atoms with Gasteiger partial charge in [-0.2, -0.15) is 0 Å². The van der Waals surface area contributed by atoms with Gasteiger partial charge in [0.25, 0.3) is 0 Å². The Hall–Kier alpha value is -1.79. The van der Waals surface area contributed by atoms with Gasteiger partial charge in [0.15, 0.2) is 0 Å². The molecule has 7 nitrogen and oxygen atoms in total. The van der Waals surface area contributed by atoms with Gasteiger partial charge in [0, 0.05) is 13.1 Å². The smallest absolute Gasteiger partial charge is 0.326 e. The number of carbonyl (C=O) groups excluding carboxylic acids is 2. The Bertz CT molecular complexity index is 358. The normalized spacial score (nSPS) is 20.5. The monoisotopic (exact) mass is 272 g/mol. The van der Waals surface area contributed by atoms with E-state index in [9.17, 15) is 14.4 Å². The summed E-state index contributed by atoms with van der Waals surface area (Å²) in [5.74, 6) is -1.51. The first kappa shape index (κ1) is 15.3. The molecule has 2 atom stereocenters. The summed E-state index contributed by atoms with van der Waals surface area (Å²) in [6, 6.07) is -1.69. The highest BCUT2D eigenvalue weighted by Crippen LogP contribution is 2.15. The quantitative estimate of drug-likeness (QED) is 0.724. The Morgan fingerprint density at radius 1 is 1.47 bits per heavy atom. The average molecular weight is 272 g/mol. The summed E-state index contributed by atoms with van der Waals surface area (Å²) in [6.45, 7) is 3.26. The van der Waals surface area contributed by atoms with Crippen LogP contribution in [0, 0.1) is 5.92 Å². The van der Waals surface area contributed by atoms with Gasteiger partial charge in [-0.05, 0) is 18.8 Å². The first-order valence-electron chi connectivity index (χ1n) is 6.29. The third kappa shape index (κ3) is 4.76. The molecule has 0 bridgehead atoms. The van der Waals surface area contributed by atoms with Crippen LogP contribution in [-0.4, -0.2) is 54.2 Å². The number of piperidine rings is 1. The lowest BCUT2D eigenvalue weighted by Gasteiger charge is -2.31. The first-order valence-corrected chi connectivity index (χ1v) is 6.29. The van der Waals surface area contributed by atoms with E-state index in [1.807, 2.05) is 6.92 Å². The molecule has 0 spiro atoms. The van der Waals surface area contributed by atoms with Crippen molar-refractivity contribution in [2.45, 2.75) is 32.2 Å². The van der Waals surface area contributed by atoms with Gasteiger partial charge in [-0.3, -0.25) is 4.79 Å². The Morgan fingerprint density at radius 2 is 2.16 bits per heavy atom. The van der Waals surface area contributed by atoms with Crippen molar-refractivity contribution in [3.05, 3.63) is 0 Å². The molecular formula is C12H20N2O5. The van der Waals surface area contributed by atoms with Crippen LogP contribution in [0.3, 0.4) is 0 Å². The van der Waals surface area contributed by atoms with Gasteiger partial charge >= 0.3 is 18.0 Å². The number of likely N-dealkylation sites (tertiary alicyclic amines) is 1. The predicted octanol–water partition coefficient (Wildman–Crippen LogP) is 0.444. The minimum atomic E-state index is -1.25. The van der Waals surface area contributed by atoms with Crippen LogP contribution in [0.5, 0.6) is 0 Å². The third-order valence-electron chi connectivity index (χ3n) is 3.14. The highest BCUT2D eigenvalue weighted by molar-refractivity contribution is 5.86. The lowest BCUT2D eigenvalue weighted by Crippen LogP contribution is -2.51. The summed E-state index contributed by atoms with van der Waals surface area (Å²) in [7, 11) is 1.18. The van der Waals surface area contributed by atoms with E-state index in [0.29, 0.717) is 19.0 Å². The summed E-state index contributed by atoms with van der Waals surface area (Å²) < 4.78 is 4.41. The number of ether oxygens (including phenoxy) is 1. The molecule has 1 aliphatic rings. The molecule has 1 rings (SSSR count). The molecule has 2 N–H and O–H groups in total. The van der Waals surface area contributed by atoms with Crippen molar-refractivity contribution in [3.63, 3.8) is 0 Å². The molecule has 1 unspecified atom stereocenters. The maximum Gasteiger partial charge on any atom is 0.326 e. The van der Waals surface area contributed by atoms with E-state index in [4.69, 9.17) is 5.11 Å². The molecule has 2 amide bonds. The number of rotatable bonds is 4. The number of amides is 2. The molecule has 0 radical (unpaired) electrons. The lowest BCUT2D eigenvalue weighted by atomic mass is 10.0. The fraction of sp³-hybridized carbons (Fsp3) is 0.750. The Kier molecular flexibility index (Phi) is 5.59. The highest BCUT2D eigenvalue weighted by Gasteiger charge is 2.27. The molecule has 0 saturated carbocycles. The van der Waals surface area contributed by atoms with Crippen LogP contribution in [0.15, 0.2) is 0 Å². The van der Waals surface area contributed by atoms with Gasteiger partial charge in [-0.15, -0.1) is 0 Å². The Morgan fingerprint density at radius 3 is 2.68 bits per heavy atom. The van der Waals surface area contributed by atoms with Gasteiger partial charge in [0.05, 0.1) is 13.5 Å². The topological polar surface area (TPSA) is 95.9 Å². The van der Waals surface area contributed by atoms with Crippen LogP contribution < -0.4 is 5.32 Å². The summed E-state index contributed by atoms with van der Waals surface area (Å²) in [4.78, 5) is 35.6. The van der Waals surface area contributed by atoms with Crippen LogP contribution in [0.25, 0.3) is 0 Å². The lowest BCUT2D eigenvalue weighted by molar-refractivity contribution is -0.147. The van der Waals surface area contributed by atoms with Gasteiger partial charge in [-0.1, -0.05) is 6.92 Å². The van der Waals surface area contributed by atoms with Crippen molar-refractivity contribution in [1.29, 1.82) is 0 Å². The van der Waals surface area contributed by atoms with Gasteiger partial charge in [0.2, 0.25) is 0 Å². The highest BCUT2D eigenvalue weighted by atomic mass is 16.5. The molecule has 19 heavy (non-hydrogen) atoms. The SMILES string of the molecule is COC(=O)C[C@H](NC(=O)N1CCCC(C)C1)C(=O)O. The van der Waals surface area contributed by atoms with Crippen LogP contribution in [0.4, 0.5) is 4.79 Å². The molecule has 1 fully saturated rings. The van der Waals surface area contributed by atoms with Crippen molar-refractivity contribution in [3.8, 4) is 0 Å². The summed E-state index contributed by atoms with van der Waals surface area (Å²) in [5.41, 5.74) is 0. The van der Waals surface area contributed by atoms with Crippen LogP contribution in [0.1, 0.15) is 26.2 Å². The van der Waals surface area contributed by atoms with Crippen LogP contribution in [-0.2, 0) is 14.3 Å². The molecule has 0 aliphatic carbocycles. The zero-order chi connectivity index (χ0) is 14.4. The molecule has 7 heteroatoms. The fourth-order valence-electron chi connectivity index (χ4n) is 2.06. The number of nitrogens with one attached hydrogen (secondary N) is 1. The second-order valence-electron chi connectivity index (χ2n) is 4.81. The van der Waals surface area contributed by atoms with Crippen molar-refractivity contribution in [1.82, 2.24) is 10.2 Å². The number of methoxy groups -OCH3 is 1. The molecule has 0 aromatic heterocycles. The average Bonchev–Trinajstić information content (AvgIpc) is 2.37. The number of carboxylic acid groups (broad SMARTS) is 1. The van der Waals surface area contributed by atoms with E-state index < -0.39 is 24.0 Å². The number of carbonyl (C=O) groups is 3. The minimum Gasteiger partial charge on any atom is -0.480 e. The Labute approximate surface area is 111 Å². The van der Waals surface area contributed by atoms with Gasteiger partial charge in [0.1, 0.15) is 6.04 Å². The van der Waals surface area contributed by atoms with E-state index in [-0.39, 0.29) is 6.42 Å². The van der Waals surface area contributed by atoms with Crippen molar-refractivity contribution in [2.75, 3.05) is 20.2 Å². The summed E-state index contributed by atoms with van der Waals surface area (Å²) in [5, 5.41) is 11.3. The number of nitrogens with zero attached hydrogens (tertiary/aromatic N) is 1. The largest absolute Gasteiger partial charge is 0.480 e. The second kappa shape index (κ2) is 6.96. The molecule has 1 heterocycles. The third-order valence-corrected chi connectivity index (χ3v) is 3.14. The van der Waals surface area contributed by atoms with Gasteiger partial charge < -0.3 is 20.1 Å². The number of carboxylic acids is 1.